The average Bonchev–Trinajstić information content (AvgIpc) is 2.75. The molecule has 2 amide bonds. The second-order valence-corrected chi connectivity index (χ2v) is 7.51. The molecule has 0 aromatic heterocycles. The zero-order valence-corrected chi connectivity index (χ0v) is 16.9. The molecule has 4 N–H and O–H groups in total. The molecule has 1 fully saturated rings. The summed E-state index contributed by atoms with van der Waals surface area (Å²) in [5.74, 6) is 1.10. The van der Waals surface area contributed by atoms with Gasteiger partial charge in [0.15, 0.2) is 6.54 Å². The summed E-state index contributed by atoms with van der Waals surface area (Å²) < 4.78 is 5.25. The molecular formula is C23H30N3O3+. The van der Waals surface area contributed by atoms with Gasteiger partial charge in [0.2, 0.25) is 0 Å². The molecule has 6 heteroatoms. The Hall–Kier alpha value is -2.86. The second kappa shape index (κ2) is 10.6. The van der Waals surface area contributed by atoms with Gasteiger partial charge in [0, 0.05) is 17.2 Å². The van der Waals surface area contributed by atoms with Crippen molar-refractivity contribution >= 4 is 23.2 Å². The first kappa shape index (κ1) is 20.9. The van der Waals surface area contributed by atoms with E-state index in [9.17, 15) is 9.59 Å². The standard InChI is InChI=1S/C23H29N3O3/c1-29-21-10-6-5-9-20(21)26-23(28)18-11-13-19(14-12-18)25-22(27)16-24-15-17-7-3-2-4-8-17/h5-6,9-14,17,24H,2-4,7-8,15-16H2,1H3,(H,25,27)(H,26,28)/p+1. The van der Waals surface area contributed by atoms with Crippen LogP contribution < -0.4 is 20.7 Å². The molecule has 1 aliphatic rings. The monoisotopic (exact) mass is 396 g/mol. The molecule has 2 aromatic carbocycles. The summed E-state index contributed by atoms with van der Waals surface area (Å²) in [5, 5.41) is 7.83. The molecule has 154 valence electrons. The molecule has 6 nitrogen and oxygen atoms in total. The molecule has 0 saturated heterocycles. The minimum absolute atomic E-state index is 0.0213. The van der Waals surface area contributed by atoms with Crippen molar-refractivity contribution in [1.82, 2.24) is 0 Å². The van der Waals surface area contributed by atoms with Gasteiger partial charge in [-0.05, 0) is 49.2 Å². The molecule has 0 spiro atoms. The third-order valence-electron chi connectivity index (χ3n) is 5.34. The predicted octanol–water partition coefficient (Wildman–Crippen LogP) is 3.03. The van der Waals surface area contributed by atoms with Gasteiger partial charge in [0.1, 0.15) is 5.75 Å². The number of carbonyl (C=O) groups is 2. The summed E-state index contributed by atoms with van der Waals surface area (Å²) in [6.07, 6.45) is 6.57. The highest BCUT2D eigenvalue weighted by Gasteiger charge is 2.16. The summed E-state index contributed by atoms with van der Waals surface area (Å²) >= 11 is 0. The Bertz CT molecular complexity index is 814. The first-order chi connectivity index (χ1) is 14.2. The van der Waals surface area contributed by atoms with Crippen molar-refractivity contribution in [1.29, 1.82) is 0 Å². The normalized spacial score (nSPS) is 14.2. The first-order valence-electron chi connectivity index (χ1n) is 10.3. The molecule has 0 radical (unpaired) electrons. The van der Waals surface area contributed by atoms with Crippen molar-refractivity contribution in [2.45, 2.75) is 32.1 Å². The molecule has 1 aliphatic carbocycles. The van der Waals surface area contributed by atoms with Gasteiger partial charge in [0.05, 0.1) is 19.3 Å². The number of carbonyl (C=O) groups excluding carboxylic acids is 2. The molecule has 0 heterocycles. The third-order valence-corrected chi connectivity index (χ3v) is 5.34. The summed E-state index contributed by atoms with van der Waals surface area (Å²) in [6.45, 7) is 1.45. The second-order valence-electron chi connectivity index (χ2n) is 7.51. The van der Waals surface area contributed by atoms with E-state index in [1.165, 1.54) is 32.1 Å². The maximum absolute atomic E-state index is 12.4. The van der Waals surface area contributed by atoms with Gasteiger partial charge in [-0.15, -0.1) is 0 Å². The Kier molecular flexibility index (Phi) is 7.64. The van der Waals surface area contributed by atoms with Crippen LogP contribution in [0.4, 0.5) is 11.4 Å². The SMILES string of the molecule is COc1ccccc1NC(=O)c1ccc(NC(=O)C[NH2+]CC2CCCCC2)cc1. The lowest BCUT2D eigenvalue weighted by atomic mass is 9.89. The number of rotatable bonds is 8. The lowest BCUT2D eigenvalue weighted by Crippen LogP contribution is -2.87. The number of amides is 2. The van der Waals surface area contributed by atoms with Crippen molar-refractivity contribution in [2.24, 2.45) is 5.92 Å². The van der Waals surface area contributed by atoms with Crippen molar-refractivity contribution in [3.05, 3.63) is 54.1 Å². The average molecular weight is 397 g/mol. The van der Waals surface area contributed by atoms with Crippen LogP contribution in [0.3, 0.4) is 0 Å². The molecule has 3 rings (SSSR count). The molecule has 0 bridgehead atoms. The number of nitrogens with two attached hydrogens (primary N) is 1. The van der Waals surface area contributed by atoms with E-state index < -0.39 is 0 Å². The van der Waals surface area contributed by atoms with Crippen LogP contribution >= 0.6 is 0 Å². The van der Waals surface area contributed by atoms with Crippen LogP contribution in [0.25, 0.3) is 0 Å². The molecule has 0 aliphatic heterocycles. The summed E-state index contributed by atoms with van der Waals surface area (Å²) in [4.78, 5) is 24.6. The predicted molar refractivity (Wildman–Crippen MR) is 114 cm³/mol. The maximum atomic E-state index is 12.4. The Morgan fingerprint density at radius 3 is 2.45 bits per heavy atom. The van der Waals surface area contributed by atoms with Gasteiger partial charge in [-0.1, -0.05) is 31.4 Å². The van der Waals surface area contributed by atoms with Crippen LogP contribution in [0, 0.1) is 5.92 Å². The van der Waals surface area contributed by atoms with E-state index in [2.05, 4.69) is 16.0 Å². The van der Waals surface area contributed by atoms with Gasteiger partial charge < -0.3 is 20.7 Å². The highest BCUT2D eigenvalue weighted by molar-refractivity contribution is 6.05. The number of methoxy groups -OCH3 is 1. The van der Waals surface area contributed by atoms with Gasteiger partial charge >= 0.3 is 0 Å². The van der Waals surface area contributed by atoms with Crippen LogP contribution in [-0.2, 0) is 4.79 Å². The summed E-state index contributed by atoms with van der Waals surface area (Å²) in [5.41, 5.74) is 1.82. The number of quaternary nitrogens is 1. The number of hydrogen-bond acceptors (Lipinski definition) is 3. The minimum Gasteiger partial charge on any atom is -0.495 e. The van der Waals surface area contributed by atoms with E-state index in [1.54, 1.807) is 43.5 Å². The van der Waals surface area contributed by atoms with E-state index >= 15 is 0 Å². The number of anilines is 2. The maximum Gasteiger partial charge on any atom is 0.279 e. The van der Waals surface area contributed by atoms with E-state index in [0.29, 0.717) is 29.2 Å². The smallest absolute Gasteiger partial charge is 0.279 e. The minimum atomic E-state index is -0.229. The Balaban J connectivity index is 1.46. The highest BCUT2D eigenvalue weighted by Crippen LogP contribution is 2.24. The number of nitrogens with one attached hydrogen (secondary N) is 2. The van der Waals surface area contributed by atoms with Gasteiger partial charge in [-0.25, -0.2) is 0 Å². The fraction of sp³-hybridized carbons (Fsp3) is 0.391. The lowest BCUT2D eigenvalue weighted by Gasteiger charge is -2.19. The van der Waals surface area contributed by atoms with Crippen molar-refractivity contribution in [2.75, 3.05) is 30.8 Å². The summed E-state index contributed by atoms with van der Waals surface area (Å²) in [7, 11) is 1.56. The Labute approximate surface area is 172 Å². The first-order valence-corrected chi connectivity index (χ1v) is 10.3. The Morgan fingerprint density at radius 1 is 1.00 bits per heavy atom. The number of hydrogen-bond donors (Lipinski definition) is 3. The lowest BCUT2D eigenvalue weighted by molar-refractivity contribution is -0.649. The van der Waals surface area contributed by atoms with E-state index in [1.807, 2.05) is 12.1 Å². The Morgan fingerprint density at radius 2 is 1.72 bits per heavy atom. The van der Waals surface area contributed by atoms with Gasteiger partial charge in [-0.2, -0.15) is 0 Å². The largest absolute Gasteiger partial charge is 0.495 e. The number of benzene rings is 2. The van der Waals surface area contributed by atoms with Crippen LogP contribution in [0.1, 0.15) is 42.5 Å². The van der Waals surface area contributed by atoms with Crippen LogP contribution in [0.2, 0.25) is 0 Å². The quantitative estimate of drug-likeness (QED) is 0.641. The van der Waals surface area contributed by atoms with Crippen LogP contribution in [0.15, 0.2) is 48.5 Å². The topological polar surface area (TPSA) is 84.0 Å². The molecule has 0 unspecified atom stereocenters. The summed E-state index contributed by atoms with van der Waals surface area (Å²) in [6, 6.07) is 14.2. The van der Waals surface area contributed by atoms with Crippen molar-refractivity contribution in [3.63, 3.8) is 0 Å². The third kappa shape index (κ3) is 6.32. The fourth-order valence-electron chi connectivity index (χ4n) is 3.73. The highest BCUT2D eigenvalue weighted by atomic mass is 16.5. The van der Waals surface area contributed by atoms with Gasteiger partial charge in [-0.3, -0.25) is 9.59 Å². The zero-order chi connectivity index (χ0) is 20.5. The molecule has 0 atom stereocenters. The molecule has 29 heavy (non-hydrogen) atoms. The van der Waals surface area contributed by atoms with E-state index in [4.69, 9.17) is 4.74 Å². The number of para-hydroxylation sites is 2. The van der Waals surface area contributed by atoms with Crippen LogP contribution in [0.5, 0.6) is 5.75 Å². The van der Waals surface area contributed by atoms with Crippen LogP contribution in [-0.4, -0.2) is 32.0 Å². The molecule has 2 aromatic rings. The number of ether oxygens (including phenoxy) is 1. The van der Waals surface area contributed by atoms with Crippen molar-refractivity contribution < 1.29 is 19.6 Å². The zero-order valence-electron chi connectivity index (χ0n) is 16.9. The van der Waals surface area contributed by atoms with Crippen molar-refractivity contribution in [3.8, 4) is 5.75 Å². The fourth-order valence-corrected chi connectivity index (χ4v) is 3.73. The molecule has 1 saturated carbocycles. The van der Waals surface area contributed by atoms with E-state index in [0.717, 1.165) is 12.5 Å². The van der Waals surface area contributed by atoms with Gasteiger partial charge in [0.25, 0.3) is 11.8 Å². The molecular weight excluding hydrogens is 366 g/mol. The van der Waals surface area contributed by atoms with E-state index in [-0.39, 0.29) is 11.8 Å².